The molecule has 0 atom stereocenters. The minimum atomic E-state index is -4.02. The number of rotatable bonds is 6. The molecule has 2 rings (SSSR count). The van der Waals surface area contributed by atoms with E-state index < -0.39 is 10.1 Å². The number of hydrogen-bond donors (Lipinski definition) is 0. The molecule has 0 bridgehead atoms. The molecule has 2 fully saturated rings. The summed E-state index contributed by atoms with van der Waals surface area (Å²) < 4.78 is 32.5. The zero-order chi connectivity index (χ0) is 14.4. The Morgan fingerprint density at radius 2 is 1.29 bits per heavy atom. The van der Waals surface area contributed by atoms with Crippen molar-refractivity contribution < 1.29 is 42.5 Å². The quantitative estimate of drug-likeness (QED) is 0.412. The Hall–Kier alpha value is 1.34. The van der Waals surface area contributed by atoms with Crippen LogP contribution in [0.2, 0.25) is 0 Å². The van der Waals surface area contributed by atoms with Crippen LogP contribution in [-0.4, -0.2) is 36.2 Å². The molecule has 2 aliphatic rings. The Morgan fingerprint density at radius 1 is 0.857 bits per heavy atom. The zero-order valence-corrected chi connectivity index (χ0v) is 17.1. The fourth-order valence-corrected chi connectivity index (χ4v) is 8.53. The second-order valence-electron chi connectivity index (χ2n) is 6.44. The van der Waals surface area contributed by atoms with E-state index in [-0.39, 0.29) is 43.2 Å². The topological polar surface area (TPSA) is 57.2 Å². The van der Waals surface area contributed by atoms with Crippen LogP contribution in [-0.2, 0) is 10.1 Å². The molecular formula is C15H28NaO3PS. The maximum Gasteiger partial charge on any atom is 1.00 e. The van der Waals surface area contributed by atoms with Crippen LogP contribution in [0.3, 0.4) is 0 Å². The minimum Gasteiger partial charge on any atom is -0.748 e. The first kappa shape index (κ1) is 20.4. The van der Waals surface area contributed by atoms with E-state index in [0.717, 1.165) is 17.5 Å². The third-order valence-corrected chi connectivity index (χ3v) is 9.43. The molecule has 0 heterocycles. The van der Waals surface area contributed by atoms with Gasteiger partial charge in [0, 0.05) is 5.75 Å². The second kappa shape index (κ2) is 10.3. The van der Waals surface area contributed by atoms with Crippen molar-refractivity contribution in [3.63, 3.8) is 0 Å². The molecule has 0 amide bonds. The van der Waals surface area contributed by atoms with E-state index in [1.807, 2.05) is 0 Å². The van der Waals surface area contributed by atoms with Crippen molar-refractivity contribution in [2.24, 2.45) is 0 Å². The van der Waals surface area contributed by atoms with Crippen LogP contribution in [0.5, 0.6) is 0 Å². The SMILES string of the molecule is O=S(=O)([O-])CCCP(C1CCCCC1)C1CCCCC1.[Na+]. The molecular weight excluding hydrogens is 314 g/mol. The Bertz CT molecular complexity index is 358. The van der Waals surface area contributed by atoms with Crippen molar-refractivity contribution in [1.82, 2.24) is 0 Å². The normalized spacial score (nSPS) is 22.2. The molecule has 6 heteroatoms. The summed E-state index contributed by atoms with van der Waals surface area (Å²) in [6.45, 7) is 0. The molecule has 118 valence electrons. The first-order chi connectivity index (χ1) is 9.56. The van der Waals surface area contributed by atoms with E-state index in [2.05, 4.69) is 0 Å². The zero-order valence-electron chi connectivity index (χ0n) is 13.4. The minimum absolute atomic E-state index is 0. The third kappa shape index (κ3) is 7.63. The van der Waals surface area contributed by atoms with Crippen molar-refractivity contribution in [1.29, 1.82) is 0 Å². The van der Waals surface area contributed by atoms with Crippen LogP contribution in [0.4, 0.5) is 0 Å². The Morgan fingerprint density at radius 3 is 1.67 bits per heavy atom. The fraction of sp³-hybridized carbons (Fsp3) is 1.00. The Kier molecular flexibility index (Phi) is 9.96. The molecule has 3 nitrogen and oxygen atoms in total. The molecule has 0 saturated heterocycles. The van der Waals surface area contributed by atoms with E-state index in [1.54, 1.807) is 0 Å². The fourth-order valence-electron chi connectivity index (χ4n) is 3.91. The molecule has 2 saturated carbocycles. The molecule has 0 aliphatic heterocycles. The molecule has 0 N–H and O–H groups in total. The van der Waals surface area contributed by atoms with Gasteiger partial charge in [0.25, 0.3) is 0 Å². The molecule has 0 unspecified atom stereocenters. The van der Waals surface area contributed by atoms with Gasteiger partial charge in [-0.25, -0.2) is 8.42 Å². The van der Waals surface area contributed by atoms with Crippen molar-refractivity contribution in [3.8, 4) is 0 Å². The third-order valence-electron chi connectivity index (χ3n) is 4.90. The van der Waals surface area contributed by atoms with Gasteiger partial charge in [-0.1, -0.05) is 38.5 Å². The van der Waals surface area contributed by atoms with Gasteiger partial charge in [-0.05, 0) is 49.6 Å². The Balaban J connectivity index is 0.00000220. The summed E-state index contributed by atoms with van der Waals surface area (Å²) in [6, 6.07) is 0. The molecule has 21 heavy (non-hydrogen) atoms. The van der Waals surface area contributed by atoms with Crippen molar-refractivity contribution in [2.45, 2.75) is 81.9 Å². The van der Waals surface area contributed by atoms with Crippen LogP contribution in [0.15, 0.2) is 0 Å². The van der Waals surface area contributed by atoms with E-state index in [4.69, 9.17) is 0 Å². The van der Waals surface area contributed by atoms with Gasteiger partial charge >= 0.3 is 29.6 Å². The smallest absolute Gasteiger partial charge is 0.748 e. The predicted molar refractivity (Wildman–Crippen MR) is 84.7 cm³/mol. The summed E-state index contributed by atoms with van der Waals surface area (Å²) in [5, 5.41) is 0. The summed E-state index contributed by atoms with van der Waals surface area (Å²) in [6.07, 6.45) is 15.2. The summed E-state index contributed by atoms with van der Waals surface area (Å²) in [7, 11) is -4.07. The van der Waals surface area contributed by atoms with Crippen LogP contribution >= 0.6 is 7.92 Å². The molecule has 0 aromatic heterocycles. The Labute approximate surface area is 153 Å². The second-order valence-corrected chi connectivity index (χ2v) is 10.9. The summed E-state index contributed by atoms with van der Waals surface area (Å²) in [5.74, 6) is -0.148. The van der Waals surface area contributed by atoms with Gasteiger partial charge in [-0.2, -0.15) is 0 Å². The van der Waals surface area contributed by atoms with E-state index in [1.165, 1.54) is 64.2 Å². The van der Waals surface area contributed by atoms with Gasteiger partial charge in [0.2, 0.25) is 0 Å². The largest absolute Gasteiger partial charge is 1.00 e. The monoisotopic (exact) mass is 342 g/mol. The standard InChI is InChI=1S/C15H29O3PS.Na/c16-20(17,18)13-7-12-19(14-8-3-1-4-9-14)15-10-5-2-6-11-15;/h14-15H,1-13H2,(H,16,17,18);/q;+1/p-1. The van der Waals surface area contributed by atoms with Gasteiger partial charge in [-0.3, -0.25) is 0 Å². The van der Waals surface area contributed by atoms with Gasteiger partial charge in [0.05, 0.1) is 10.1 Å². The van der Waals surface area contributed by atoms with Crippen molar-refractivity contribution >= 4 is 18.0 Å². The maximum atomic E-state index is 10.8. The maximum absolute atomic E-state index is 10.8. The molecule has 0 aromatic carbocycles. The van der Waals surface area contributed by atoms with Crippen LogP contribution < -0.4 is 29.6 Å². The van der Waals surface area contributed by atoms with Crippen LogP contribution in [0, 0.1) is 0 Å². The first-order valence-electron chi connectivity index (χ1n) is 8.25. The summed E-state index contributed by atoms with van der Waals surface area (Å²) in [4.78, 5) is 0. The van der Waals surface area contributed by atoms with Crippen LogP contribution in [0.1, 0.15) is 70.6 Å². The van der Waals surface area contributed by atoms with E-state index in [0.29, 0.717) is 6.42 Å². The summed E-state index contributed by atoms with van der Waals surface area (Å²) in [5.41, 5.74) is 1.72. The van der Waals surface area contributed by atoms with Crippen LogP contribution in [0.25, 0.3) is 0 Å². The molecule has 2 aliphatic carbocycles. The molecule has 0 spiro atoms. The number of hydrogen-bond acceptors (Lipinski definition) is 3. The predicted octanol–water partition coefficient (Wildman–Crippen LogP) is 1.07. The first-order valence-corrected chi connectivity index (χ1v) is 11.5. The average molecular weight is 342 g/mol. The summed E-state index contributed by atoms with van der Waals surface area (Å²) >= 11 is 0. The van der Waals surface area contributed by atoms with Crippen molar-refractivity contribution in [3.05, 3.63) is 0 Å². The van der Waals surface area contributed by atoms with Gasteiger partial charge in [-0.15, -0.1) is 7.92 Å². The molecule has 0 aromatic rings. The van der Waals surface area contributed by atoms with Gasteiger partial charge < -0.3 is 4.55 Å². The van der Waals surface area contributed by atoms with Gasteiger partial charge in [0.1, 0.15) is 0 Å². The van der Waals surface area contributed by atoms with Gasteiger partial charge in [0.15, 0.2) is 0 Å². The van der Waals surface area contributed by atoms with E-state index >= 15 is 0 Å². The molecule has 0 radical (unpaired) electrons. The van der Waals surface area contributed by atoms with Crippen molar-refractivity contribution in [2.75, 3.05) is 11.9 Å². The average Bonchev–Trinajstić information content (AvgIpc) is 2.44. The van der Waals surface area contributed by atoms with E-state index in [9.17, 15) is 13.0 Å².